The molecule has 0 aliphatic rings. The molecule has 8 heteroatoms. The molecule has 0 spiro atoms. The highest BCUT2D eigenvalue weighted by Crippen LogP contribution is 2.20. The van der Waals surface area contributed by atoms with Crippen LogP contribution in [0, 0.1) is 5.82 Å². The zero-order valence-corrected chi connectivity index (χ0v) is 11.5. The summed E-state index contributed by atoms with van der Waals surface area (Å²) in [4.78, 5) is 18.8. The lowest BCUT2D eigenvalue weighted by atomic mass is 10.2. The summed E-state index contributed by atoms with van der Waals surface area (Å²) in [5.41, 5.74) is 5.95. The van der Waals surface area contributed by atoms with Crippen molar-refractivity contribution in [3.8, 4) is 0 Å². The number of hydrogen-bond donors (Lipinski definition) is 2. The van der Waals surface area contributed by atoms with Crippen molar-refractivity contribution in [3.05, 3.63) is 51.6 Å². The molecular weight excluding hydrogens is 306 g/mol. The molecule has 0 aliphatic heterocycles. The summed E-state index contributed by atoms with van der Waals surface area (Å²) in [5.74, 6) is -0.922. The van der Waals surface area contributed by atoms with Crippen LogP contribution in [0.25, 0.3) is 0 Å². The monoisotopic (exact) mass is 314 g/mol. The van der Waals surface area contributed by atoms with Crippen molar-refractivity contribution in [2.75, 3.05) is 5.32 Å². The maximum absolute atomic E-state index is 12.9. The van der Waals surface area contributed by atoms with Crippen molar-refractivity contribution in [3.63, 3.8) is 0 Å². The first-order valence-corrected chi connectivity index (χ1v) is 6.23. The largest absolute Gasteiger partial charge is 0.365 e. The Morgan fingerprint density at radius 1 is 1.40 bits per heavy atom. The quantitative estimate of drug-likeness (QED) is 0.850. The highest BCUT2D eigenvalue weighted by atomic mass is 35.5. The fourth-order valence-corrected chi connectivity index (χ4v) is 1.89. The van der Waals surface area contributed by atoms with Gasteiger partial charge in [0.1, 0.15) is 11.6 Å². The summed E-state index contributed by atoms with van der Waals surface area (Å²) in [6.45, 7) is 0.229. The first kappa shape index (κ1) is 14.5. The number of carbonyl (C=O) groups excluding carboxylic acids is 1. The Balaban J connectivity index is 2.22. The molecule has 0 atom stereocenters. The third kappa shape index (κ3) is 3.34. The molecule has 1 aromatic heterocycles. The lowest BCUT2D eigenvalue weighted by Gasteiger charge is -2.10. The normalized spacial score (nSPS) is 10.3. The second-order valence-electron chi connectivity index (χ2n) is 3.85. The first-order valence-electron chi connectivity index (χ1n) is 5.47. The lowest BCUT2D eigenvalue weighted by molar-refractivity contribution is 0.100. The second-order valence-corrected chi connectivity index (χ2v) is 4.60. The summed E-state index contributed by atoms with van der Waals surface area (Å²) >= 11 is 11.6. The van der Waals surface area contributed by atoms with Crippen molar-refractivity contribution < 1.29 is 9.18 Å². The predicted octanol–water partition coefficient (Wildman–Crippen LogP) is 2.63. The molecule has 1 aromatic carbocycles. The highest BCUT2D eigenvalue weighted by molar-refractivity contribution is 6.31. The van der Waals surface area contributed by atoms with E-state index in [1.165, 1.54) is 24.4 Å². The van der Waals surface area contributed by atoms with Crippen LogP contribution in [0.4, 0.5) is 10.2 Å². The van der Waals surface area contributed by atoms with Crippen LogP contribution in [-0.4, -0.2) is 15.9 Å². The molecule has 0 saturated carbocycles. The molecule has 0 fully saturated rings. The second kappa shape index (κ2) is 6.02. The number of nitrogens with one attached hydrogen (secondary N) is 1. The number of aromatic nitrogens is 2. The molecule has 1 heterocycles. The van der Waals surface area contributed by atoms with E-state index in [9.17, 15) is 9.18 Å². The van der Waals surface area contributed by atoms with Crippen LogP contribution >= 0.6 is 23.2 Å². The molecule has 0 unspecified atom stereocenters. The average Bonchev–Trinajstić information content (AvgIpc) is 2.37. The Morgan fingerprint density at radius 3 is 2.80 bits per heavy atom. The molecule has 0 aliphatic carbocycles. The number of amides is 1. The topological polar surface area (TPSA) is 80.9 Å². The van der Waals surface area contributed by atoms with Gasteiger partial charge in [-0.1, -0.05) is 17.7 Å². The highest BCUT2D eigenvalue weighted by Gasteiger charge is 2.12. The molecule has 20 heavy (non-hydrogen) atoms. The number of halogens is 3. The van der Waals surface area contributed by atoms with E-state index in [1.807, 2.05) is 0 Å². The zero-order valence-electron chi connectivity index (χ0n) is 10.0. The summed E-state index contributed by atoms with van der Waals surface area (Å²) in [6.07, 6.45) is 1.23. The van der Waals surface area contributed by atoms with Gasteiger partial charge in [0.25, 0.3) is 5.91 Å². The number of benzene rings is 1. The number of anilines is 1. The van der Waals surface area contributed by atoms with Gasteiger partial charge in [0.15, 0.2) is 0 Å². The molecule has 1 amide bonds. The Kier molecular flexibility index (Phi) is 4.36. The van der Waals surface area contributed by atoms with Crippen LogP contribution in [0.5, 0.6) is 0 Å². The third-order valence-electron chi connectivity index (χ3n) is 2.49. The van der Waals surface area contributed by atoms with Crippen LogP contribution in [0.2, 0.25) is 10.3 Å². The molecule has 0 saturated heterocycles. The van der Waals surface area contributed by atoms with Gasteiger partial charge in [-0.25, -0.2) is 9.37 Å². The first-order chi connectivity index (χ1) is 9.47. The minimum atomic E-state index is -0.686. The molecule has 5 nitrogen and oxygen atoms in total. The summed E-state index contributed by atoms with van der Waals surface area (Å²) in [7, 11) is 0. The SMILES string of the molecule is NC(=O)c1cnc(Cl)nc1NCc1ccc(F)cc1Cl. The summed E-state index contributed by atoms with van der Waals surface area (Å²) < 4.78 is 12.9. The molecule has 2 aromatic rings. The molecular formula is C12H9Cl2FN4O. The van der Waals surface area contributed by atoms with Crippen LogP contribution in [0.3, 0.4) is 0 Å². The number of primary amides is 1. The summed E-state index contributed by atoms with van der Waals surface area (Å²) in [6, 6.07) is 4.00. The smallest absolute Gasteiger partial charge is 0.254 e. The Bertz CT molecular complexity index is 666. The van der Waals surface area contributed by atoms with Crippen molar-refractivity contribution in [2.45, 2.75) is 6.54 Å². The van der Waals surface area contributed by atoms with Gasteiger partial charge in [-0.15, -0.1) is 0 Å². The zero-order chi connectivity index (χ0) is 14.7. The lowest BCUT2D eigenvalue weighted by Crippen LogP contribution is -2.16. The van der Waals surface area contributed by atoms with Crippen molar-refractivity contribution in [1.29, 1.82) is 0 Å². The van der Waals surface area contributed by atoms with Gasteiger partial charge in [-0.2, -0.15) is 4.98 Å². The van der Waals surface area contributed by atoms with Gasteiger partial charge in [0.2, 0.25) is 5.28 Å². The number of hydrogen-bond acceptors (Lipinski definition) is 4. The standard InChI is InChI=1S/C12H9Cl2FN4O/c13-9-3-7(15)2-1-6(9)4-17-11-8(10(16)20)5-18-12(14)19-11/h1-3,5H,4H2,(H2,16,20)(H,17,18,19). The third-order valence-corrected chi connectivity index (χ3v) is 3.02. The van der Waals surface area contributed by atoms with Crippen molar-refractivity contribution in [1.82, 2.24) is 9.97 Å². The molecule has 3 N–H and O–H groups in total. The molecule has 104 valence electrons. The molecule has 2 rings (SSSR count). The minimum absolute atomic E-state index is 0.0253. The fourth-order valence-electron chi connectivity index (χ4n) is 1.52. The average molecular weight is 315 g/mol. The van der Waals surface area contributed by atoms with Crippen LogP contribution < -0.4 is 11.1 Å². The van der Waals surface area contributed by atoms with Crippen molar-refractivity contribution in [2.24, 2.45) is 5.73 Å². The van der Waals surface area contributed by atoms with E-state index < -0.39 is 11.7 Å². The number of rotatable bonds is 4. The Morgan fingerprint density at radius 2 is 2.15 bits per heavy atom. The Hall–Kier alpha value is -1.92. The van der Waals surface area contributed by atoms with E-state index in [2.05, 4.69) is 15.3 Å². The van der Waals surface area contributed by atoms with E-state index >= 15 is 0 Å². The maximum Gasteiger partial charge on any atom is 0.254 e. The van der Waals surface area contributed by atoms with E-state index in [-0.39, 0.29) is 28.2 Å². The van der Waals surface area contributed by atoms with E-state index in [0.29, 0.717) is 5.56 Å². The van der Waals surface area contributed by atoms with Gasteiger partial charge in [-0.05, 0) is 29.3 Å². The van der Waals surface area contributed by atoms with Gasteiger partial charge in [0, 0.05) is 17.8 Å². The molecule has 0 bridgehead atoms. The minimum Gasteiger partial charge on any atom is -0.365 e. The fraction of sp³-hybridized carbons (Fsp3) is 0.0833. The van der Waals surface area contributed by atoms with Gasteiger partial charge < -0.3 is 11.1 Å². The number of nitrogens with two attached hydrogens (primary N) is 1. The van der Waals surface area contributed by atoms with E-state index in [0.717, 1.165) is 0 Å². The van der Waals surface area contributed by atoms with Gasteiger partial charge in [0.05, 0.1) is 5.56 Å². The van der Waals surface area contributed by atoms with Crippen LogP contribution in [0.15, 0.2) is 24.4 Å². The Labute approximate surface area is 123 Å². The van der Waals surface area contributed by atoms with Crippen molar-refractivity contribution >= 4 is 34.9 Å². The summed E-state index contributed by atoms with van der Waals surface area (Å²) in [5, 5.41) is 3.11. The maximum atomic E-state index is 12.9. The predicted molar refractivity (Wildman–Crippen MR) is 74.3 cm³/mol. The van der Waals surface area contributed by atoms with Crippen LogP contribution in [-0.2, 0) is 6.54 Å². The van der Waals surface area contributed by atoms with Gasteiger partial charge >= 0.3 is 0 Å². The van der Waals surface area contributed by atoms with E-state index in [1.54, 1.807) is 0 Å². The van der Waals surface area contributed by atoms with Crippen LogP contribution in [0.1, 0.15) is 15.9 Å². The molecule has 0 radical (unpaired) electrons. The van der Waals surface area contributed by atoms with Gasteiger partial charge in [-0.3, -0.25) is 4.79 Å². The number of carbonyl (C=O) groups is 1. The number of nitrogens with zero attached hydrogens (tertiary/aromatic N) is 2. The van der Waals surface area contributed by atoms with E-state index in [4.69, 9.17) is 28.9 Å².